The highest BCUT2D eigenvalue weighted by molar-refractivity contribution is 5.42. The van der Waals surface area contributed by atoms with Gasteiger partial charge in [-0.25, -0.2) is 0 Å². The summed E-state index contributed by atoms with van der Waals surface area (Å²) in [6.07, 6.45) is 0. The highest BCUT2D eigenvalue weighted by Gasteiger charge is 2.21. The van der Waals surface area contributed by atoms with Crippen LogP contribution in [0.4, 0.5) is 0 Å². The van der Waals surface area contributed by atoms with Crippen molar-refractivity contribution >= 4 is 0 Å². The Balaban J connectivity index is 2.02. The molecule has 1 aliphatic heterocycles. The van der Waals surface area contributed by atoms with Gasteiger partial charge in [0, 0.05) is 19.0 Å². The molecule has 1 heterocycles. The van der Waals surface area contributed by atoms with Crippen LogP contribution in [0.3, 0.4) is 0 Å². The van der Waals surface area contributed by atoms with Crippen LogP contribution in [-0.2, 0) is 6.54 Å². The van der Waals surface area contributed by atoms with Gasteiger partial charge in [-0.05, 0) is 28.8 Å². The number of nitrogens with one attached hydrogen (secondary N) is 1. The van der Waals surface area contributed by atoms with Gasteiger partial charge in [0.05, 0.1) is 7.11 Å². The van der Waals surface area contributed by atoms with Crippen molar-refractivity contribution in [1.82, 2.24) is 5.32 Å². The number of rotatable bonds is 2. The molecular formula is C16H17NO. The zero-order chi connectivity index (χ0) is 12.4. The van der Waals surface area contributed by atoms with Crippen LogP contribution in [-0.4, -0.2) is 13.7 Å². The predicted molar refractivity (Wildman–Crippen MR) is 73.0 cm³/mol. The van der Waals surface area contributed by atoms with Crippen molar-refractivity contribution in [3.8, 4) is 5.75 Å². The lowest BCUT2D eigenvalue weighted by Crippen LogP contribution is -2.28. The zero-order valence-corrected chi connectivity index (χ0v) is 10.5. The summed E-state index contributed by atoms with van der Waals surface area (Å²) in [4.78, 5) is 0. The van der Waals surface area contributed by atoms with E-state index in [4.69, 9.17) is 4.74 Å². The van der Waals surface area contributed by atoms with Crippen LogP contribution in [0.15, 0.2) is 48.5 Å². The molecule has 0 aliphatic carbocycles. The minimum atomic E-state index is 0.421. The molecule has 0 unspecified atom stereocenters. The molecule has 18 heavy (non-hydrogen) atoms. The number of benzene rings is 2. The van der Waals surface area contributed by atoms with E-state index in [0.717, 1.165) is 18.8 Å². The predicted octanol–water partition coefficient (Wildman–Crippen LogP) is 2.93. The Kier molecular flexibility index (Phi) is 3.03. The Morgan fingerprint density at radius 3 is 2.89 bits per heavy atom. The molecule has 0 bridgehead atoms. The van der Waals surface area contributed by atoms with E-state index in [1.165, 1.54) is 16.7 Å². The second kappa shape index (κ2) is 4.83. The molecule has 0 aromatic heterocycles. The first-order chi connectivity index (χ1) is 8.88. The number of hydrogen-bond acceptors (Lipinski definition) is 2. The first kappa shape index (κ1) is 11.3. The molecule has 1 N–H and O–H groups in total. The molecule has 0 radical (unpaired) electrons. The minimum absolute atomic E-state index is 0.421. The number of hydrogen-bond donors (Lipinski definition) is 1. The largest absolute Gasteiger partial charge is 0.497 e. The summed E-state index contributed by atoms with van der Waals surface area (Å²) >= 11 is 0. The summed E-state index contributed by atoms with van der Waals surface area (Å²) in [6, 6.07) is 17.0. The summed E-state index contributed by atoms with van der Waals surface area (Å²) < 4.78 is 5.31. The van der Waals surface area contributed by atoms with Crippen molar-refractivity contribution in [2.75, 3.05) is 13.7 Å². The Morgan fingerprint density at radius 2 is 2.00 bits per heavy atom. The fraction of sp³-hybridized carbons (Fsp3) is 0.250. The molecule has 1 atom stereocenters. The molecule has 2 aromatic carbocycles. The van der Waals surface area contributed by atoms with E-state index in [0.29, 0.717) is 5.92 Å². The Hall–Kier alpha value is -1.80. The summed E-state index contributed by atoms with van der Waals surface area (Å²) in [5.74, 6) is 1.35. The molecule has 2 aromatic rings. The highest BCUT2D eigenvalue weighted by Crippen LogP contribution is 2.31. The minimum Gasteiger partial charge on any atom is -0.497 e. The summed E-state index contributed by atoms with van der Waals surface area (Å²) in [5.41, 5.74) is 4.15. The molecule has 0 saturated heterocycles. The quantitative estimate of drug-likeness (QED) is 0.870. The fourth-order valence-electron chi connectivity index (χ4n) is 2.65. The van der Waals surface area contributed by atoms with Gasteiger partial charge in [0.25, 0.3) is 0 Å². The van der Waals surface area contributed by atoms with Crippen LogP contribution in [0, 0.1) is 0 Å². The van der Waals surface area contributed by atoms with E-state index in [1.54, 1.807) is 7.11 Å². The summed E-state index contributed by atoms with van der Waals surface area (Å²) in [7, 11) is 1.71. The van der Waals surface area contributed by atoms with Gasteiger partial charge in [-0.3, -0.25) is 0 Å². The van der Waals surface area contributed by atoms with E-state index >= 15 is 0 Å². The summed E-state index contributed by atoms with van der Waals surface area (Å²) in [6.45, 7) is 1.96. The number of fused-ring (bicyclic) bond motifs is 1. The molecule has 92 valence electrons. The van der Waals surface area contributed by atoms with Gasteiger partial charge in [-0.2, -0.15) is 0 Å². The molecule has 1 aliphatic rings. The first-order valence-electron chi connectivity index (χ1n) is 6.31. The molecule has 0 amide bonds. The maximum Gasteiger partial charge on any atom is 0.119 e. The van der Waals surface area contributed by atoms with Gasteiger partial charge in [0.2, 0.25) is 0 Å². The summed E-state index contributed by atoms with van der Waals surface area (Å²) in [5, 5.41) is 3.49. The molecule has 2 nitrogen and oxygen atoms in total. The third kappa shape index (κ3) is 2.00. The molecular weight excluding hydrogens is 222 g/mol. The maximum atomic E-state index is 5.31. The van der Waals surface area contributed by atoms with Crippen molar-refractivity contribution in [1.29, 1.82) is 0 Å². The third-order valence-electron chi connectivity index (χ3n) is 3.59. The van der Waals surface area contributed by atoms with Gasteiger partial charge in [0.15, 0.2) is 0 Å². The Bertz CT molecular complexity index is 550. The van der Waals surface area contributed by atoms with Gasteiger partial charge >= 0.3 is 0 Å². The van der Waals surface area contributed by atoms with E-state index < -0.39 is 0 Å². The van der Waals surface area contributed by atoms with Crippen LogP contribution in [0.1, 0.15) is 22.6 Å². The lowest BCUT2D eigenvalue weighted by molar-refractivity contribution is 0.413. The second-order valence-corrected chi connectivity index (χ2v) is 4.66. The SMILES string of the molecule is COc1cccc([C@H]2CNCc3ccccc32)c1. The Labute approximate surface area is 108 Å². The van der Waals surface area contributed by atoms with Crippen molar-refractivity contribution < 1.29 is 4.74 Å². The Morgan fingerprint density at radius 1 is 1.11 bits per heavy atom. The lowest BCUT2D eigenvalue weighted by atomic mass is 9.85. The van der Waals surface area contributed by atoms with Gasteiger partial charge < -0.3 is 10.1 Å². The average molecular weight is 239 g/mol. The second-order valence-electron chi connectivity index (χ2n) is 4.66. The van der Waals surface area contributed by atoms with Gasteiger partial charge in [-0.15, -0.1) is 0 Å². The number of methoxy groups -OCH3 is 1. The molecule has 0 saturated carbocycles. The standard InChI is InChI=1S/C16H17NO/c1-18-14-7-4-6-12(9-14)16-11-17-10-13-5-2-3-8-15(13)16/h2-9,16-17H,10-11H2,1H3/t16-/m1/s1. The zero-order valence-electron chi connectivity index (χ0n) is 10.5. The van der Waals surface area contributed by atoms with Crippen LogP contribution >= 0.6 is 0 Å². The third-order valence-corrected chi connectivity index (χ3v) is 3.59. The average Bonchev–Trinajstić information content (AvgIpc) is 2.47. The van der Waals surface area contributed by atoms with Crippen molar-refractivity contribution in [2.45, 2.75) is 12.5 Å². The van der Waals surface area contributed by atoms with E-state index in [1.807, 2.05) is 6.07 Å². The van der Waals surface area contributed by atoms with Crippen LogP contribution in [0.2, 0.25) is 0 Å². The van der Waals surface area contributed by atoms with Crippen molar-refractivity contribution in [2.24, 2.45) is 0 Å². The number of ether oxygens (including phenoxy) is 1. The van der Waals surface area contributed by atoms with E-state index in [-0.39, 0.29) is 0 Å². The van der Waals surface area contributed by atoms with E-state index in [9.17, 15) is 0 Å². The molecule has 2 heteroatoms. The van der Waals surface area contributed by atoms with Crippen molar-refractivity contribution in [3.05, 3.63) is 65.2 Å². The molecule has 0 fully saturated rings. The van der Waals surface area contributed by atoms with Crippen LogP contribution < -0.4 is 10.1 Å². The molecule has 0 spiro atoms. The molecule has 3 rings (SSSR count). The van der Waals surface area contributed by atoms with Crippen LogP contribution in [0.5, 0.6) is 5.75 Å². The lowest BCUT2D eigenvalue weighted by Gasteiger charge is -2.27. The monoisotopic (exact) mass is 239 g/mol. The van der Waals surface area contributed by atoms with Crippen LogP contribution in [0.25, 0.3) is 0 Å². The van der Waals surface area contributed by atoms with E-state index in [2.05, 4.69) is 47.8 Å². The topological polar surface area (TPSA) is 21.3 Å². The van der Waals surface area contributed by atoms with Gasteiger partial charge in [0.1, 0.15) is 5.75 Å². The normalized spacial score (nSPS) is 18.2. The fourth-order valence-corrected chi connectivity index (χ4v) is 2.65. The highest BCUT2D eigenvalue weighted by atomic mass is 16.5. The maximum absolute atomic E-state index is 5.31. The van der Waals surface area contributed by atoms with Crippen molar-refractivity contribution in [3.63, 3.8) is 0 Å². The first-order valence-corrected chi connectivity index (χ1v) is 6.31. The van der Waals surface area contributed by atoms with Gasteiger partial charge in [-0.1, -0.05) is 36.4 Å². The smallest absolute Gasteiger partial charge is 0.119 e.